The van der Waals surface area contributed by atoms with Crippen molar-refractivity contribution in [2.75, 3.05) is 5.43 Å². The van der Waals surface area contributed by atoms with Crippen LogP contribution < -0.4 is 11.3 Å². The predicted molar refractivity (Wildman–Crippen MR) is 70.6 cm³/mol. The summed E-state index contributed by atoms with van der Waals surface area (Å²) in [6, 6.07) is 3.81. The quantitative estimate of drug-likeness (QED) is 0.515. The fourth-order valence-electron chi connectivity index (χ4n) is 1.14. The third-order valence-corrected chi connectivity index (χ3v) is 4.00. The molecule has 0 aliphatic carbocycles. The van der Waals surface area contributed by atoms with Crippen LogP contribution in [-0.2, 0) is 0 Å². The number of nitrogens with zero attached hydrogens (tertiary/aromatic N) is 3. The highest BCUT2D eigenvalue weighted by atomic mass is 79.9. The number of aryl methyl sites for hydroxylation is 1. The summed E-state index contributed by atoms with van der Waals surface area (Å²) in [7, 11) is 0. The van der Waals surface area contributed by atoms with Gasteiger partial charge >= 0.3 is 0 Å². The topological polar surface area (TPSA) is 76.7 Å². The number of nitrogens with one attached hydrogen (secondary N) is 1. The molecule has 3 N–H and O–H groups in total. The molecule has 0 aliphatic heterocycles. The van der Waals surface area contributed by atoms with Gasteiger partial charge in [0.2, 0.25) is 5.95 Å². The van der Waals surface area contributed by atoms with Crippen molar-refractivity contribution in [3.63, 3.8) is 0 Å². The zero-order valence-corrected chi connectivity index (χ0v) is 11.4. The minimum Gasteiger partial charge on any atom is -0.292 e. The Labute approximate surface area is 111 Å². The van der Waals surface area contributed by atoms with Gasteiger partial charge in [0.1, 0.15) is 10.1 Å². The van der Waals surface area contributed by atoms with Crippen LogP contribution in [0.3, 0.4) is 0 Å². The molecular weight excluding hydrogens is 302 g/mol. The summed E-state index contributed by atoms with van der Waals surface area (Å²) < 4.78 is 0.935. The zero-order chi connectivity index (χ0) is 12.3. The molecule has 2 aromatic heterocycles. The number of halogens is 1. The Bertz CT molecular complexity index is 534. The molecule has 0 fully saturated rings. The second-order valence-electron chi connectivity index (χ2n) is 3.22. The van der Waals surface area contributed by atoms with Crippen LogP contribution in [0.15, 0.2) is 39.1 Å². The van der Waals surface area contributed by atoms with E-state index in [0.29, 0.717) is 5.95 Å². The smallest absolute Gasteiger partial charge is 0.238 e. The molecule has 88 valence electrons. The van der Waals surface area contributed by atoms with Gasteiger partial charge in [-0.25, -0.2) is 20.8 Å². The van der Waals surface area contributed by atoms with Crippen LogP contribution in [0, 0.1) is 6.92 Å². The molecule has 0 saturated heterocycles. The van der Waals surface area contributed by atoms with E-state index >= 15 is 0 Å². The highest BCUT2D eigenvalue weighted by molar-refractivity contribution is 9.10. The standard InChI is InChI=1S/C10H10BrN5S/c1-6-5-14-10(16-12)15-8(6)17-9-7(11)3-2-4-13-9/h2-5H,12H2,1H3,(H,14,15,16). The van der Waals surface area contributed by atoms with Gasteiger partial charge in [-0.15, -0.1) is 0 Å². The number of hydrazine groups is 1. The highest BCUT2D eigenvalue weighted by Crippen LogP contribution is 2.32. The van der Waals surface area contributed by atoms with E-state index in [1.165, 1.54) is 11.8 Å². The molecule has 0 bridgehead atoms. The predicted octanol–water partition coefficient (Wildman–Crippen LogP) is 2.38. The average Bonchev–Trinajstić information content (AvgIpc) is 2.35. The Morgan fingerprint density at radius 2 is 2.18 bits per heavy atom. The molecule has 17 heavy (non-hydrogen) atoms. The van der Waals surface area contributed by atoms with Gasteiger partial charge in [-0.2, -0.15) is 0 Å². The number of pyridine rings is 1. The van der Waals surface area contributed by atoms with Crippen molar-refractivity contribution in [3.8, 4) is 0 Å². The molecule has 2 heterocycles. The van der Waals surface area contributed by atoms with Crippen LogP contribution in [0.4, 0.5) is 5.95 Å². The summed E-state index contributed by atoms with van der Waals surface area (Å²) in [6.07, 6.45) is 3.47. The lowest BCUT2D eigenvalue weighted by molar-refractivity contribution is 0.985. The third kappa shape index (κ3) is 2.93. The van der Waals surface area contributed by atoms with Crippen LogP contribution in [-0.4, -0.2) is 15.0 Å². The van der Waals surface area contributed by atoms with Crippen molar-refractivity contribution in [2.45, 2.75) is 17.0 Å². The Hall–Kier alpha value is -1.18. The van der Waals surface area contributed by atoms with Gasteiger partial charge in [0.15, 0.2) is 0 Å². The first-order chi connectivity index (χ1) is 8.20. The van der Waals surface area contributed by atoms with Crippen molar-refractivity contribution >= 4 is 33.6 Å². The van der Waals surface area contributed by atoms with Gasteiger partial charge < -0.3 is 0 Å². The maximum atomic E-state index is 5.28. The lowest BCUT2D eigenvalue weighted by Gasteiger charge is -2.06. The van der Waals surface area contributed by atoms with Crippen molar-refractivity contribution in [1.82, 2.24) is 15.0 Å². The lowest BCUT2D eigenvalue weighted by Crippen LogP contribution is -2.10. The molecule has 0 saturated carbocycles. The number of nitrogen functional groups attached to an aromatic ring is 1. The maximum absolute atomic E-state index is 5.28. The summed E-state index contributed by atoms with van der Waals surface area (Å²) in [5.41, 5.74) is 3.41. The van der Waals surface area contributed by atoms with Crippen LogP contribution in [0.5, 0.6) is 0 Å². The molecule has 0 unspecified atom stereocenters. The molecule has 7 heteroatoms. The fourth-order valence-corrected chi connectivity index (χ4v) is 2.44. The van der Waals surface area contributed by atoms with E-state index in [9.17, 15) is 0 Å². The van der Waals surface area contributed by atoms with Gasteiger partial charge in [0, 0.05) is 18.0 Å². The summed E-state index contributed by atoms with van der Waals surface area (Å²) in [5, 5.41) is 1.68. The molecular formula is C10H10BrN5S. The van der Waals surface area contributed by atoms with Crippen LogP contribution in [0.2, 0.25) is 0 Å². The minimum absolute atomic E-state index is 0.394. The van der Waals surface area contributed by atoms with Gasteiger partial charge in [0.25, 0.3) is 0 Å². The number of hydrogen-bond donors (Lipinski definition) is 2. The van der Waals surface area contributed by atoms with E-state index in [1.807, 2.05) is 19.1 Å². The number of rotatable bonds is 3. The fraction of sp³-hybridized carbons (Fsp3) is 0.100. The first kappa shape index (κ1) is 12.3. The molecule has 2 rings (SSSR count). The summed E-state index contributed by atoms with van der Waals surface area (Å²) in [4.78, 5) is 12.6. The molecule has 0 atom stereocenters. The van der Waals surface area contributed by atoms with E-state index in [4.69, 9.17) is 5.84 Å². The Morgan fingerprint density at radius 1 is 1.35 bits per heavy atom. The molecule has 0 radical (unpaired) electrons. The summed E-state index contributed by atoms with van der Waals surface area (Å²) >= 11 is 4.91. The number of nitrogens with two attached hydrogens (primary N) is 1. The van der Waals surface area contributed by atoms with Gasteiger partial charge in [0.05, 0.1) is 4.47 Å². The van der Waals surface area contributed by atoms with Gasteiger partial charge in [-0.1, -0.05) is 0 Å². The first-order valence-corrected chi connectivity index (χ1v) is 6.40. The second kappa shape index (κ2) is 5.44. The van der Waals surface area contributed by atoms with Crippen LogP contribution >= 0.6 is 27.7 Å². The molecule has 5 nitrogen and oxygen atoms in total. The summed E-state index contributed by atoms with van der Waals surface area (Å²) in [5.74, 6) is 5.68. The van der Waals surface area contributed by atoms with Crippen LogP contribution in [0.1, 0.15) is 5.56 Å². The molecule has 0 amide bonds. The van der Waals surface area contributed by atoms with E-state index in [1.54, 1.807) is 12.4 Å². The lowest BCUT2D eigenvalue weighted by atomic mass is 10.4. The number of aromatic nitrogens is 3. The van der Waals surface area contributed by atoms with Gasteiger partial charge in [-0.3, -0.25) is 5.43 Å². The second-order valence-corrected chi connectivity index (χ2v) is 5.05. The molecule has 2 aromatic rings. The molecule has 0 aromatic carbocycles. The zero-order valence-electron chi connectivity index (χ0n) is 9.01. The normalized spacial score (nSPS) is 10.3. The van der Waals surface area contributed by atoms with Crippen LogP contribution in [0.25, 0.3) is 0 Å². The first-order valence-electron chi connectivity index (χ1n) is 4.79. The highest BCUT2D eigenvalue weighted by Gasteiger charge is 2.08. The Kier molecular flexibility index (Phi) is 3.93. The van der Waals surface area contributed by atoms with Crippen molar-refractivity contribution in [1.29, 1.82) is 0 Å². The largest absolute Gasteiger partial charge is 0.292 e. The van der Waals surface area contributed by atoms with Crippen molar-refractivity contribution in [3.05, 3.63) is 34.6 Å². The minimum atomic E-state index is 0.394. The van der Waals surface area contributed by atoms with E-state index in [0.717, 1.165) is 20.1 Å². The van der Waals surface area contributed by atoms with Gasteiger partial charge in [-0.05, 0) is 46.7 Å². The number of anilines is 1. The van der Waals surface area contributed by atoms with E-state index in [2.05, 4.69) is 36.3 Å². The SMILES string of the molecule is Cc1cnc(NN)nc1Sc1ncccc1Br. The number of hydrogen-bond acceptors (Lipinski definition) is 6. The monoisotopic (exact) mass is 311 g/mol. The average molecular weight is 312 g/mol. The maximum Gasteiger partial charge on any atom is 0.238 e. The summed E-state index contributed by atoms with van der Waals surface area (Å²) in [6.45, 7) is 1.94. The van der Waals surface area contributed by atoms with Crippen molar-refractivity contribution < 1.29 is 0 Å². The van der Waals surface area contributed by atoms with E-state index in [-0.39, 0.29) is 0 Å². The molecule has 0 aliphatic rings. The third-order valence-electron chi connectivity index (χ3n) is 1.97. The Balaban J connectivity index is 2.32. The molecule has 0 spiro atoms. The van der Waals surface area contributed by atoms with E-state index < -0.39 is 0 Å². The van der Waals surface area contributed by atoms with Crippen molar-refractivity contribution in [2.24, 2.45) is 5.84 Å². The Morgan fingerprint density at radius 3 is 2.88 bits per heavy atom.